The van der Waals surface area contributed by atoms with Crippen LogP contribution < -0.4 is 0 Å². The van der Waals surface area contributed by atoms with E-state index in [1.165, 1.54) is 37.0 Å². The van der Waals surface area contributed by atoms with Gasteiger partial charge >= 0.3 is 0 Å². The number of hydrogen-bond acceptors (Lipinski definition) is 2. The highest BCUT2D eigenvalue weighted by atomic mass is 35.5. The molecule has 3 atom stereocenters. The Bertz CT molecular complexity index is 582. The Morgan fingerprint density at radius 1 is 1.26 bits per heavy atom. The van der Waals surface area contributed by atoms with Crippen LogP contribution in [-0.4, -0.2) is 14.8 Å². The second kappa shape index (κ2) is 8.25. The van der Waals surface area contributed by atoms with E-state index in [1.807, 2.05) is 36.4 Å². The van der Waals surface area contributed by atoms with Crippen molar-refractivity contribution in [2.75, 3.05) is 0 Å². The Labute approximate surface area is 148 Å². The molecule has 1 aliphatic rings. The average molecular weight is 349 g/mol. The third-order valence-corrected chi connectivity index (χ3v) is 6.67. The molecule has 0 N–H and O–H groups in total. The molecule has 2 nitrogen and oxygen atoms in total. The summed E-state index contributed by atoms with van der Waals surface area (Å²) in [7, 11) is 0. The van der Waals surface area contributed by atoms with Crippen molar-refractivity contribution in [1.82, 2.24) is 9.55 Å². The molecule has 1 heterocycles. The van der Waals surface area contributed by atoms with Crippen LogP contribution in [0.3, 0.4) is 0 Å². The van der Waals surface area contributed by atoms with E-state index in [0.717, 1.165) is 23.4 Å². The lowest BCUT2D eigenvalue weighted by atomic mass is 9.78. The van der Waals surface area contributed by atoms with Crippen LogP contribution in [-0.2, 0) is 6.54 Å². The van der Waals surface area contributed by atoms with E-state index < -0.39 is 0 Å². The molecular formula is C19H25ClN2S. The molecule has 0 bridgehead atoms. The zero-order valence-electron chi connectivity index (χ0n) is 13.7. The van der Waals surface area contributed by atoms with Crippen LogP contribution in [0.1, 0.15) is 39.0 Å². The molecule has 3 rings (SSSR count). The minimum atomic E-state index is 0.661. The van der Waals surface area contributed by atoms with Gasteiger partial charge in [-0.25, -0.2) is 4.98 Å². The maximum Gasteiger partial charge on any atom is 0.0945 e. The van der Waals surface area contributed by atoms with E-state index in [0.29, 0.717) is 5.25 Å². The van der Waals surface area contributed by atoms with E-state index in [2.05, 4.69) is 34.8 Å². The molecule has 0 saturated heterocycles. The van der Waals surface area contributed by atoms with E-state index in [1.54, 1.807) is 0 Å². The molecule has 1 aliphatic carbocycles. The fourth-order valence-electron chi connectivity index (χ4n) is 3.64. The Hall–Kier alpha value is -0.930. The third kappa shape index (κ3) is 4.77. The fourth-order valence-corrected chi connectivity index (χ4v) is 5.21. The molecule has 2 aromatic rings. The first-order chi connectivity index (χ1) is 11.2. The lowest BCUT2D eigenvalue weighted by Crippen LogP contribution is -2.28. The fraction of sp³-hybridized carbons (Fsp3) is 0.526. The van der Waals surface area contributed by atoms with Crippen molar-refractivity contribution in [2.45, 2.75) is 55.7 Å². The predicted octanol–water partition coefficient (Wildman–Crippen LogP) is 5.91. The molecule has 0 spiro atoms. The quantitative estimate of drug-likeness (QED) is 0.603. The maximum absolute atomic E-state index is 6.03. The summed E-state index contributed by atoms with van der Waals surface area (Å²) in [6.07, 6.45) is 12.6. The van der Waals surface area contributed by atoms with Gasteiger partial charge in [-0.1, -0.05) is 37.8 Å². The standard InChI is InChI=1S/C19H25ClN2S/c1-15-4-2-3-5-18(15)19(10-12-22-13-11-21-14-22)23-17-8-6-16(20)7-9-17/h6-9,11,13-15,18-19H,2-5,10,12H2,1H3. The maximum atomic E-state index is 6.03. The number of imidazole rings is 1. The van der Waals surface area contributed by atoms with Crippen LogP contribution in [0.25, 0.3) is 0 Å². The van der Waals surface area contributed by atoms with Crippen molar-refractivity contribution in [3.63, 3.8) is 0 Å². The molecule has 124 valence electrons. The molecule has 0 amide bonds. The van der Waals surface area contributed by atoms with Gasteiger partial charge in [-0.2, -0.15) is 0 Å². The molecule has 1 aromatic carbocycles. The second-order valence-corrected chi connectivity index (χ2v) is 8.37. The topological polar surface area (TPSA) is 17.8 Å². The van der Waals surface area contributed by atoms with Crippen molar-refractivity contribution in [3.05, 3.63) is 48.0 Å². The molecule has 23 heavy (non-hydrogen) atoms. The first kappa shape index (κ1) is 16.9. The van der Waals surface area contributed by atoms with E-state index >= 15 is 0 Å². The summed E-state index contributed by atoms with van der Waals surface area (Å²) in [5.74, 6) is 1.64. The Morgan fingerprint density at radius 3 is 2.74 bits per heavy atom. The van der Waals surface area contributed by atoms with Crippen LogP contribution in [0.2, 0.25) is 5.02 Å². The molecule has 1 fully saturated rings. The van der Waals surface area contributed by atoms with Gasteiger partial charge < -0.3 is 4.57 Å². The van der Waals surface area contributed by atoms with Gasteiger partial charge in [0.15, 0.2) is 0 Å². The van der Waals surface area contributed by atoms with Crippen LogP contribution in [0.5, 0.6) is 0 Å². The molecule has 3 unspecified atom stereocenters. The van der Waals surface area contributed by atoms with Gasteiger partial charge in [0.05, 0.1) is 6.33 Å². The highest BCUT2D eigenvalue weighted by Gasteiger charge is 2.29. The number of aryl methyl sites for hydroxylation is 1. The number of thioether (sulfide) groups is 1. The minimum Gasteiger partial charge on any atom is -0.337 e. The zero-order valence-corrected chi connectivity index (χ0v) is 15.3. The highest BCUT2D eigenvalue weighted by Crippen LogP contribution is 2.41. The van der Waals surface area contributed by atoms with E-state index in [9.17, 15) is 0 Å². The van der Waals surface area contributed by atoms with Crippen molar-refractivity contribution in [1.29, 1.82) is 0 Å². The van der Waals surface area contributed by atoms with Gasteiger partial charge in [-0.05, 0) is 48.9 Å². The normalized spacial score (nSPS) is 22.9. The Balaban J connectivity index is 1.70. The number of rotatable bonds is 6. The van der Waals surface area contributed by atoms with Gasteiger partial charge in [-0.3, -0.25) is 0 Å². The predicted molar refractivity (Wildman–Crippen MR) is 99.1 cm³/mol. The molecular weight excluding hydrogens is 324 g/mol. The third-order valence-electron chi connectivity index (χ3n) is 4.99. The molecule has 1 aromatic heterocycles. The summed E-state index contributed by atoms with van der Waals surface area (Å²) in [5, 5.41) is 1.48. The first-order valence-corrected chi connectivity index (χ1v) is 9.86. The van der Waals surface area contributed by atoms with Gasteiger partial charge in [0, 0.05) is 34.1 Å². The van der Waals surface area contributed by atoms with Gasteiger partial charge in [0.1, 0.15) is 0 Å². The average Bonchev–Trinajstić information content (AvgIpc) is 3.07. The molecule has 1 saturated carbocycles. The summed E-state index contributed by atoms with van der Waals surface area (Å²) in [6, 6.07) is 8.32. The Morgan fingerprint density at radius 2 is 2.04 bits per heavy atom. The van der Waals surface area contributed by atoms with Crippen LogP contribution >= 0.6 is 23.4 Å². The van der Waals surface area contributed by atoms with E-state index in [-0.39, 0.29) is 0 Å². The summed E-state index contributed by atoms with van der Waals surface area (Å²) < 4.78 is 2.20. The van der Waals surface area contributed by atoms with Gasteiger partial charge in [0.2, 0.25) is 0 Å². The van der Waals surface area contributed by atoms with Crippen LogP contribution in [0.4, 0.5) is 0 Å². The van der Waals surface area contributed by atoms with Crippen LogP contribution in [0.15, 0.2) is 47.9 Å². The molecule has 4 heteroatoms. The number of halogens is 1. The highest BCUT2D eigenvalue weighted by molar-refractivity contribution is 8.00. The number of aromatic nitrogens is 2. The summed E-state index contributed by atoms with van der Waals surface area (Å²) in [6.45, 7) is 3.49. The molecule has 0 aliphatic heterocycles. The summed E-state index contributed by atoms with van der Waals surface area (Å²) >= 11 is 8.07. The summed E-state index contributed by atoms with van der Waals surface area (Å²) in [5.41, 5.74) is 0. The van der Waals surface area contributed by atoms with Crippen molar-refractivity contribution in [2.24, 2.45) is 11.8 Å². The second-order valence-electron chi connectivity index (χ2n) is 6.63. The number of hydrogen-bond donors (Lipinski definition) is 0. The SMILES string of the molecule is CC1CCCCC1C(CCn1ccnc1)Sc1ccc(Cl)cc1. The lowest BCUT2D eigenvalue weighted by Gasteiger charge is -2.35. The molecule has 0 radical (unpaired) electrons. The monoisotopic (exact) mass is 348 g/mol. The van der Waals surface area contributed by atoms with Crippen LogP contribution in [0, 0.1) is 11.8 Å². The van der Waals surface area contributed by atoms with Crippen molar-refractivity contribution < 1.29 is 0 Å². The zero-order chi connectivity index (χ0) is 16.1. The summed E-state index contributed by atoms with van der Waals surface area (Å²) in [4.78, 5) is 5.50. The smallest absolute Gasteiger partial charge is 0.0945 e. The number of benzene rings is 1. The lowest BCUT2D eigenvalue weighted by molar-refractivity contribution is 0.242. The minimum absolute atomic E-state index is 0.661. The largest absolute Gasteiger partial charge is 0.337 e. The first-order valence-electron chi connectivity index (χ1n) is 8.60. The van der Waals surface area contributed by atoms with Crippen molar-refractivity contribution in [3.8, 4) is 0 Å². The van der Waals surface area contributed by atoms with Gasteiger partial charge in [0.25, 0.3) is 0 Å². The van der Waals surface area contributed by atoms with Gasteiger partial charge in [-0.15, -0.1) is 11.8 Å². The van der Waals surface area contributed by atoms with E-state index in [4.69, 9.17) is 11.6 Å². The van der Waals surface area contributed by atoms with Crippen molar-refractivity contribution >= 4 is 23.4 Å². The number of nitrogens with zero attached hydrogens (tertiary/aromatic N) is 2. The Kier molecular flexibility index (Phi) is 6.07.